The normalized spacial score (nSPS) is 11.1. The Morgan fingerprint density at radius 3 is 2.30 bits per heavy atom. The van der Waals surface area contributed by atoms with E-state index in [0.29, 0.717) is 17.9 Å². The molecule has 0 spiro atoms. The molecule has 0 unspecified atom stereocenters. The van der Waals surface area contributed by atoms with Crippen molar-refractivity contribution in [3.8, 4) is 11.5 Å². The number of hydrogen-bond acceptors (Lipinski definition) is 4. The Morgan fingerprint density at radius 2 is 1.63 bits per heavy atom. The van der Waals surface area contributed by atoms with Crippen LogP contribution in [-0.4, -0.2) is 44.5 Å². The molecule has 2 rings (SSSR count). The second kappa shape index (κ2) is 9.27. The van der Waals surface area contributed by atoms with Crippen molar-refractivity contribution in [3.05, 3.63) is 59.7 Å². The second-order valence-corrected chi connectivity index (χ2v) is 5.65. The van der Waals surface area contributed by atoms with Crippen LogP contribution in [0.5, 0.6) is 11.5 Å². The van der Waals surface area contributed by atoms with Gasteiger partial charge in [-0.15, -0.1) is 13.2 Å². The molecule has 8 heteroatoms. The van der Waals surface area contributed by atoms with E-state index in [1.54, 1.807) is 30.3 Å². The molecule has 0 heterocycles. The fourth-order valence-electron chi connectivity index (χ4n) is 2.40. The number of rotatable bonds is 8. The van der Waals surface area contributed by atoms with E-state index in [1.165, 1.54) is 37.3 Å². The van der Waals surface area contributed by atoms with E-state index < -0.39 is 6.36 Å². The minimum atomic E-state index is -4.81. The van der Waals surface area contributed by atoms with Gasteiger partial charge in [-0.2, -0.15) is 0 Å². The summed E-state index contributed by atoms with van der Waals surface area (Å²) in [5.74, 6) is -0.342. The Morgan fingerprint density at radius 1 is 1.00 bits per heavy atom. The number of ether oxygens (including phenoxy) is 3. The third-order valence-electron chi connectivity index (χ3n) is 3.61. The predicted octanol–water partition coefficient (Wildman–Crippen LogP) is 3.88. The minimum Gasteiger partial charge on any atom is -0.490 e. The summed E-state index contributed by atoms with van der Waals surface area (Å²) < 4.78 is 52.2. The first kappa shape index (κ1) is 20.6. The van der Waals surface area contributed by atoms with Gasteiger partial charge in [0.1, 0.15) is 18.1 Å². The zero-order valence-electron chi connectivity index (χ0n) is 15.0. The molecule has 0 N–H and O–H groups in total. The minimum absolute atomic E-state index is 0.0580. The van der Waals surface area contributed by atoms with Crippen LogP contribution in [0.15, 0.2) is 48.5 Å². The Labute approximate surface area is 155 Å². The van der Waals surface area contributed by atoms with Crippen LogP contribution in [0, 0.1) is 0 Å². The van der Waals surface area contributed by atoms with Crippen molar-refractivity contribution in [2.75, 3.05) is 27.4 Å². The largest absolute Gasteiger partial charge is 0.573 e. The molecule has 0 bridgehead atoms. The summed E-state index contributed by atoms with van der Waals surface area (Å²) >= 11 is 0. The summed E-state index contributed by atoms with van der Waals surface area (Å²) in [6, 6.07) is 12.4. The molecular weight excluding hydrogens is 363 g/mol. The van der Waals surface area contributed by atoms with Gasteiger partial charge >= 0.3 is 6.36 Å². The van der Waals surface area contributed by atoms with Crippen LogP contribution in [0.1, 0.15) is 15.9 Å². The van der Waals surface area contributed by atoms with E-state index in [9.17, 15) is 18.0 Å². The summed E-state index contributed by atoms with van der Waals surface area (Å²) in [5.41, 5.74) is 0.550. The molecule has 0 aliphatic heterocycles. The molecule has 0 saturated heterocycles. The Balaban J connectivity index is 2.15. The van der Waals surface area contributed by atoms with Crippen molar-refractivity contribution in [1.29, 1.82) is 0 Å². The molecule has 5 nitrogen and oxygen atoms in total. The van der Waals surface area contributed by atoms with Crippen LogP contribution in [-0.2, 0) is 11.3 Å². The average Bonchev–Trinajstić information content (AvgIpc) is 2.62. The first-order valence-corrected chi connectivity index (χ1v) is 8.11. The third-order valence-corrected chi connectivity index (χ3v) is 3.61. The lowest BCUT2D eigenvalue weighted by Gasteiger charge is -2.21. The van der Waals surface area contributed by atoms with Gasteiger partial charge in [0, 0.05) is 26.3 Å². The number of benzene rings is 2. The van der Waals surface area contributed by atoms with Crippen LogP contribution < -0.4 is 9.47 Å². The molecule has 0 saturated carbocycles. The zero-order valence-corrected chi connectivity index (χ0v) is 15.0. The van der Waals surface area contributed by atoms with E-state index >= 15 is 0 Å². The number of amides is 1. The van der Waals surface area contributed by atoms with Gasteiger partial charge in [0.15, 0.2) is 0 Å². The van der Waals surface area contributed by atoms with Crippen LogP contribution in [0.25, 0.3) is 0 Å². The molecular formula is C19H20F3NO4. The van der Waals surface area contributed by atoms with Crippen LogP contribution >= 0.6 is 0 Å². The topological polar surface area (TPSA) is 48.0 Å². The number of carbonyl (C=O) groups is 1. The van der Waals surface area contributed by atoms with Gasteiger partial charge in [-0.3, -0.25) is 4.79 Å². The van der Waals surface area contributed by atoms with E-state index in [2.05, 4.69) is 4.74 Å². The first-order chi connectivity index (χ1) is 12.8. The maximum Gasteiger partial charge on any atom is 0.573 e. The van der Waals surface area contributed by atoms with Crippen LogP contribution in [0.2, 0.25) is 0 Å². The fraction of sp³-hybridized carbons (Fsp3) is 0.316. The highest BCUT2D eigenvalue weighted by Crippen LogP contribution is 2.28. The quantitative estimate of drug-likeness (QED) is 0.649. The summed E-state index contributed by atoms with van der Waals surface area (Å²) in [5, 5.41) is 0. The van der Waals surface area contributed by atoms with Gasteiger partial charge in [-0.05, 0) is 18.2 Å². The van der Waals surface area contributed by atoms with Gasteiger partial charge in [0.25, 0.3) is 5.91 Å². The molecule has 146 valence electrons. The van der Waals surface area contributed by atoms with Gasteiger partial charge in [0.2, 0.25) is 0 Å². The number of halogens is 3. The SMILES string of the molecule is COCCOc1ccccc1C(=O)N(C)Cc1ccccc1OC(F)(F)F. The van der Waals surface area contributed by atoms with Crippen LogP contribution in [0.3, 0.4) is 0 Å². The van der Waals surface area contributed by atoms with Gasteiger partial charge < -0.3 is 19.1 Å². The number of nitrogens with zero attached hydrogens (tertiary/aromatic N) is 1. The van der Waals surface area contributed by atoms with Crippen molar-refractivity contribution in [1.82, 2.24) is 4.90 Å². The van der Waals surface area contributed by atoms with Crippen LogP contribution in [0.4, 0.5) is 13.2 Å². The lowest BCUT2D eigenvalue weighted by atomic mass is 10.1. The summed E-state index contributed by atoms with van der Waals surface area (Å²) in [6.07, 6.45) is -4.81. The van der Waals surface area contributed by atoms with E-state index in [4.69, 9.17) is 9.47 Å². The predicted molar refractivity (Wildman–Crippen MR) is 92.7 cm³/mol. The monoisotopic (exact) mass is 383 g/mol. The Bertz CT molecular complexity index is 765. The van der Waals surface area contributed by atoms with E-state index in [0.717, 1.165) is 0 Å². The molecule has 2 aromatic rings. The fourth-order valence-corrected chi connectivity index (χ4v) is 2.40. The first-order valence-electron chi connectivity index (χ1n) is 8.11. The number of hydrogen-bond donors (Lipinski definition) is 0. The summed E-state index contributed by atoms with van der Waals surface area (Å²) in [4.78, 5) is 14.1. The van der Waals surface area contributed by atoms with Crippen molar-refractivity contribution < 1.29 is 32.2 Å². The van der Waals surface area contributed by atoms with Crippen molar-refractivity contribution in [2.45, 2.75) is 12.9 Å². The number of methoxy groups -OCH3 is 1. The van der Waals surface area contributed by atoms with Gasteiger partial charge in [0.05, 0.1) is 12.2 Å². The van der Waals surface area contributed by atoms with Gasteiger partial charge in [-0.25, -0.2) is 0 Å². The maximum absolute atomic E-state index is 12.8. The number of carbonyl (C=O) groups excluding carboxylic acids is 1. The Hall–Kier alpha value is -2.74. The average molecular weight is 383 g/mol. The second-order valence-electron chi connectivity index (χ2n) is 5.65. The number of alkyl halides is 3. The molecule has 27 heavy (non-hydrogen) atoms. The molecule has 0 aromatic heterocycles. The van der Waals surface area contributed by atoms with Gasteiger partial charge in [-0.1, -0.05) is 30.3 Å². The highest BCUT2D eigenvalue weighted by atomic mass is 19.4. The highest BCUT2D eigenvalue weighted by Gasteiger charge is 2.32. The van der Waals surface area contributed by atoms with Crippen molar-refractivity contribution in [3.63, 3.8) is 0 Å². The van der Waals surface area contributed by atoms with E-state index in [-0.39, 0.29) is 30.4 Å². The van der Waals surface area contributed by atoms with Crippen molar-refractivity contribution in [2.24, 2.45) is 0 Å². The standard InChI is InChI=1S/C19H20F3NO4/c1-23(13-14-7-3-5-9-16(14)27-19(20,21)22)18(24)15-8-4-6-10-17(15)26-12-11-25-2/h3-10H,11-13H2,1-2H3. The van der Waals surface area contributed by atoms with E-state index in [1.807, 2.05) is 0 Å². The maximum atomic E-state index is 12.8. The lowest BCUT2D eigenvalue weighted by Crippen LogP contribution is -2.27. The molecule has 0 atom stereocenters. The summed E-state index contributed by atoms with van der Waals surface area (Å²) in [7, 11) is 3.04. The highest BCUT2D eigenvalue weighted by molar-refractivity contribution is 5.96. The molecule has 0 aliphatic rings. The smallest absolute Gasteiger partial charge is 0.490 e. The number of para-hydroxylation sites is 2. The molecule has 0 aliphatic carbocycles. The van der Waals surface area contributed by atoms with Crippen molar-refractivity contribution >= 4 is 5.91 Å². The molecule has 0 radical (unpaired) electrons. The lowest BCUT2D eigenvalue weighted by molar-refractivity contribution is -0.275. The molecule has 2 aromatic carbocycles. The zero-order chi connectivity index (χ0) is 19.9. The summed E-state index contributed by atoms with van der Waals surface area (Å²) in [6.45, 7) is 0.574. The third kappa shape index (κ3) is 6.18. The molecule has 0 fully saturated rings. The Kier molecular flexibility index (Phi) is 7.06. The molecule has 1 amide bonds.